The van der Waals surface area contributed by atoms with Crippen LogP contribution in [0.2, 0.25) is 0 Å². The summed E-state index contributed by atoms with van der Waals surface area (Å²) in [5.41, 5.74) is 2.81. The van der Waals surface area contributed by atoms with Crippen LogP contribution in [-0.2, 0) is 23.5 Å². The highest BCUT2D eigenvalue weighted by atomic mass is 32.2. The van der Waals surface area contributed by atoms with Crippen LogP contribution >= 0.6 is 0 Å². The molecule has 1 amide bonds. The molecule has 1 aliphatic heterocycles. The Kier molecular flexibility index (Phi) is 5.68. The summed E-state index contributed by atoms with van der Waals surface area (Å²) in [6, 6.07) is 12.0. The molecule has 1 aromatic heterocycles. The van der Waals surface area contributed by atoms with Gasteiger partial charge in [0.05, 0.1) is 19.1 Å². The van der Waals surface area contributed by atoms with E-state index in [-0.39, 0.29) is 11.9 Å². The third-order valence-electron chi connectivity index (χ3n) is 5.69. The van der Waals surface area contributed by atoms with Crippen LogP contribution in [0.25, 0.3) is 0 Å². The molecule has 4 rings (SSSR count). The van der Waals surface area contributed by atoms with Crippen molar-refractivity contribution in [3.05, 3.63) is 77.4 Å². The van der Waals surface area contributed by atoms with Gasteiger partial charge >= 0.3 is 0 Å². The molecule has 1 aliphatic rings. The van der Waals surface area contributed by atoms with Crippen molar-refractivity contribution in [3.8, 4) is 5.75 Å². The number of hydrogen-bond donors (Lipinski definition) is 1. The Morgan fingerprint density at radius 1 is 1.22 bits per heavy atom. The van der Waals surface area contributed by atoms with E-state index in [4.69, 9.17) is 4.74 Å². The summed E-state index contributed by atoms with van der Waals surface area (Å²) >= 11 is 0. The summed E-state index contributed by atoms with van der Waals surface area (Å²) in [6.45, 7) is 1.86. The van der Waals surface area contributed by atoms with Crippen LogP contribution < -0.4 is 14.4 Å². The van der Waals surface area contributed by atoms with E-state index in [9.17, 15) is 13.2 Å². The molecule has 168 valence electrons. The summed E-state index contributed by atoms with van der Waals surface area (Å²) in [6.07, 6.45) is 5.28. The zero-order chi connectivity index (χ0) is 23.0. The predicted molar refractivity (Wildman–Crippen MR) is 122 cm³/mol. The number of imidazole rings is 1. The number of sulfonamides is 1. The average molecular weight is 455 g/mol. The molecule has 9 heteroatoms. The SMILES string of the molecule is COc1ccc([C@H](NC(=O)c2ccc3c(c2)C[C@@H](C)N3S(C)(=O)=O)c2nccn2C)cc1. The lowest BCUT2D eigenvalue weighted by Gasteiger charge is -2.22. The molecule has 0 unspecified atom stereocenters. The number of methoxy groups -OCH3 is 1. The molecule has 0 fully saturated rings. The van der Waals surface area contributed by atoms with E-state index in [0.29, 0.717) is 23.5 Å². The van der Waals surface area contributed by atoms with Gasteiger partial charge in [-0.1, -0.05) is 12.1 Å². The van der Waals surface area contributed by atoms with Gasteiger partial charge < -0.3 is 14.6 Å². The highest BCUT2D eigenvalue weighted by Crippen LogP contribution is 2.35. The maximum Gasteiger partial charge on any atom is 0.252 e. The Morgan fingerprint density at radius 3 is 2.53 bits per heavy atom. The van der Waals surface area contributed by atoms with Crippen molar-refractivity contribution in [1.82, 2.24) is 14.9 Å². The van der Waals surface area contributed by atoms with Gasteiger partial charge in [0.1, 0.15) is 17.6 Å². The first-order valence-corrected chi connectivity index (χ1v) is 12.1. The first-order chi connectivity index (χ1) is 15.2. The van der Waals surface area contributed by atoms with Gasteiger partial charge in [0.25, 0.3) is 5.91 Å². The van der Waals surface area contributed by atoms with Crippen molar-refractivity contribution in [1.29, 1.82) is 0 Å². The number of carbonyl (C=O) groups excluding carboxylic acids is 1. The monoisotopic (exact) mass is 454 g/mol. The molecule has 8 nitrogen and oxygen atoms in total. The van der Waals surface area contributed by atoms with Gasteiger partial charge in [0.2, 0.25) is 10.0 Å². The van der Waals surface area contributed by atoms with Crippen molar-refractivity contribution in [2.45, 2.75) is 25.4 Å². The van der Waals surface area contributed by atoms with Crippen LogP contribution in [0.3, 0.4) is 0 Å². The van der Waals surface area contributed by atoms with Crippen molar-refractivity contribution in [3.63, 3.8) is 0 Å². The van der Waals surface area contributed by atoms with E-state index in [0.717, 1.165) is 16.9 Å². The molecule has 2 atom stereocenters. The Labute approximate surface area is 187 Å². The molecule has 0 saturated carbocycles. The van der Waals surface area contributed by atoms with Crippen LogP contribution in [0.15, 0.2) is 54.9 Å². The Hall–Kier alpha value is -3.33. The Morgan fingerprint density at radius 2 is 1.94 bits per heavy atom. The van der Waals surface area contributed by atoms with Crippen molar-refractivity contribution in [2.75, 3.05) is 17.7 Å². The number of carbonyl (C=O) groups is 1. The lowest BCUT2D eigenvalue weighted by atomic mass is 10.0. The summed E-state index contributed by atoms with van der Waals surface area (Å²) in [7, 11) is 0.0984. The fourth-order valence-corrected chi connectivity index (χ4v) is 5.48. The van der Waals surface area contributed by atoms with Gasteiger partial charge in [-0.3, -0.25) is 9.10 Å². The maximum absolute atomic E-state index is 13.2. The zero-order valence-electron chi connectivity index (χ0n) is 18.4. The number of nitrogens with one attached hydrogen (secondary N) is 1. The van der Waals surface area contributed by atoms with Crippen molar-refractivity contribution >= 4 is 21.6 Å². The molecule has 2 aromatic carbocycles. The van der Waals surface area contributed by atoms with Crippen LogP contribution in [0.1, 0.15) is 40.3 Å². The van der Waals surface area contributed by atoms with E-state index < -0.39 is 16.1 Å². The number of ether oxygens (including phenoxy) is 1. The first kappa shape index (κ1) is 21.9. The molecule has 0 radical (unpaired) electrons. The lowest BCUT2D eigenvalue weighted by molar-refractivity contribution is 0.0941. The molecule has 32 heavy (non-hydrogen) atoms. The predicted octanol–water partition coefficient (Wildman–Crippen LogP) is 2.66. The largest absolute Gasteiger partial charge is 0.497 e. The highest BCUT2D eigenvalue weighted by molar-refractivity contribution is 7.92. The number of nitrogens with zero attached hydrogens (tertiary/aromatic N) is 3. The van der Waals surface area contributed by atoms with Gasteiger partial charge in [-0.15, -0.1) is 0 Å². The van der Waals surface area contributed by atoms with Crippen molar-refractivity contribution in [2.24, 2.45) is 7.05 Å². The average Bonchev–Trinajstić information content (AvgIpc) is 3.33. The summed E-state index contributed by atoms with van der Waals surface area (Å²) in [5, 5.41) is 3.08. The molecule has 2 heterocycles. The molecule has 0 saturated heterocycles. The molecular formula is C23H26N4O4S. The Balaban J connectivity index is 1.65. The molecule has 0 bridgehead atoms. The number of aromatic nitrogens is 2. The molecule has 0 aliphatic carbocycles. The minimum Gasteiger partial charge on any atom is -0.497 e. The highest BCUT2D eigenvalue weighted by Gasteiger charge is 2.33. The quantitative estimate of drug-likeness (QED) is 0.618. The summed E-state index contributed by atoms with van der Waals surface area (Å²) in [5.74, 6) is 1.16. The minimum atomic E-state index is -3.38. The Bertz CT molecular complexity index is 1250. The number of benzene rings is 2. The smallest absolute Gasteiger partial charge is 0.252 e. The number of aryl methyl sites for hydroxylation is 1. The standard InChI is InChI=1S/C23H26N4O4S/c1-15-13-18-14-17(7-10-20(18)27(15)32(4,29)30)23(28)25-21(22-24-11-12-26(22)2)16-5-8-19(31-3)9-6-16/h5-12,14-15,21H,13H2,1-4H3,(H,25,28)/t15-,21+/m1/s1. The fraction of sp³-hybridized carbons (Fsp3) is 0.304. The number of anilines is 1. The lowest BCUT2D eigenvalue weighted by Crippen LogP contribution is -2.34. The van der Waals surface area contributed by atoms with Gasteiger partial charge in [-0.05, 0) is 54.8 Å². The van der Waals surface area contributed by atoms with E-state index in [1.54, 1.807) is 31.5 Å². The normalized spacial score (nSPS) is 16.5. The minimum absolute atomic E-state index is 0.182. The van der Waals surface area contributed by atoms with Crippen LogP contribution in [0.5, 0.6) is 5.75 Å². The molecule has 1 N–H and O–H groups in total. The van der Waals surface area contributed by atoms with E-state index in [1.807, 2.05) is 49.0 Å². The fourth-order valence-electron chi connectivity index (χ4n) is 4.21. The number of amides is 1. The van der Waals surface area contributed by atoms with Crippen LogP contribution in [0, 0.1) is 0 Å². The van der Waals surface area contributed by atoms with Gasteiger partial charge in [0, 0.05) is 31.0 Å². The van der Waals surface area contributed by atoms with Gasteiger partial charge in [-0.2, -0.15) is 0 Å². The first-order valence-electron chi connectivity index (χ1n) is 10.2. The van der Waals surface area contributed by atoms with E-state index in [2.05, 4.69) is 10.3 Å². The van der Waals surface area contributed by atoms with E-state index >= 15 is 0 Å². The number of hydrogen-bond acceptors (Lipinski definition) is 5. The van der Waals surface area contributed by atoms with Gasteiger partial charge in [-0.25, -0.2) is 13.4 Å². The number of fused-ring (bicyclic) bond motifs is 1. The second kappa shape index (κ2) is 8.31. The second-order valence-electron chi connectivity index (χ2n) is 8.03. The molecule has 3 aromatic rings. The van der Waals surface area contributed by atoms with Crippen molar-refractivity contribution < 1.29 is 17.9 Å². The van der Waals surface area contributed by atoms with Crippen LogP contribution in [-0.4, -0.2) is 43.3 Å². The topological polar surface area (TPSA) is 93.5 Å². The molecular weight excluding hydrogens is 428 g/mol. The maximum atomic E-state index is 13.2. The molecule has 0 spiro atoms. The number of rotatable bonds is 6. The zero-order valence-corrected chi connectivity index (χ0v) is 19.3. The third kappa shape index (κ3) is 4.08. The van der Waals surface area contributed by atoms with Gasteiger partial charge in [0.15, 0.2) is 0 Å². The second-order valence-corrected chi connectivity index (χ2v) is 9.89. The van der Waals surface area contributed by atoms with E-state index in [1.165, 1.54) is 10.6 Å². The third-order valence-corrected chi connectivity index (χ3v) is 6.96. The summed E-state index contributed by atoms with van der Waals surface area (Å²) < 4.78 is 32.9. The van der Waals surface area contributed by atoms with Crippen LogP contribution in [0.4, 0.5) is 5.69 Å². The summed E-state index contributed by atoms with van der Waals surface area (Å²) in [4.78, 5) is 17.6.